The van der Waals surface area contributed by atoms with Crippen molar-refractivity contribution in [1.29, 1.82) is 0 Å². The summed E-state index contributed by atoms with van der Waals surface area (Å²) >= 11 is 3.10. The summed E-state index contributed by atoms with van der Waals surface area (Å²) < 4.78 is 26.8. The first-order valence-corrected chi connectivity index (χ1v) is 7.45. The zero-order chi connectivity index (χ0) is 13.9. The van der Waals surface area contributed by atoms with Crippen molar-refractivity contribution in [3.63, 3.8) is 0 Å². The molecule has 8 heteroatoms. The number of rotatable bonds is 5. The maximum atomic E-state index is 12.0. The van der Waals surface area contributed by atoms with Crippen LogP contribution in [0.5, 0.6) is 0 Å². The van der Waals surface area contributed by atoms with Gasteiger partial charge in [-0.05, 0) is 18.1 Å². The van der Waals surface area contributed by atoms with Crippen LogP contribution in [-0.2, 0) is 10.0 Å². The first-order valence-electron chi connectivity index (χ1n) is 5.17. The van der Waals surface area contributed by atoms with Crippen LogP contribution in [-0.4, -0.2) is 19.9 Å². The average molecular weight is 337 g/mol. The van der Waals surface area contributed by atoms with E-state index in [2.05, 4.69) is 20.7 Å². The highest BCUT2D eigenvalue weighted by atomic mass is 79.9. The fraction of sp³-hybridized carbons (Fsp3) is 0.400. The third kappa shape index (κ3) is 3.76. The second kappa shape index (κ2) is 5.77. The quantitative estimate of drug-likeness (QED) is 0.659. The van der Waals surface area contributed by atoms with Crippen molar-refractivity contribution in [2.24, 2.45) is 5.92 Å². The molecule has 18 heavy (non-hydrogen) atoms. The molecule has 0 fully saturated rings. The number of nitro groups is 1. The largest absolute Gasteiger partial charge is 0.289 e. The summed E-state index contributed by atoms with van der Waals surface area (Å²) in [7, 11) is -3.88. The van der Waals surface area contributed by atoms with Gasteiger partial charge in [-0.1, -0.05) is 29.8 Å². The van der Waals surface area contributed by atoms with Crippen molar-refractivity contribution >= 4 is 31.6 Å². The van der Waals surface area contributed by atoms with Crippen molar-refractivity contribution in [2.45, 2.75) is 18.7 Å². The van der Waals surface area contributed by atoms with Crippen LogP contribution in [0, 0.1) is 16.0 Å². The molecule has 1 N–H and O–H groups in total. The third-order valence-electron chi connectivity index (χ3n) is 2.09. The van der Waals surface area contributed by atoms with Gasteiger partial charge in [-0.3, -0.25) is 10.1 Å². The lowest BCUT2D eigenvalue weighted by molar-refractivity contribution is -0.387. The number of nitrogens with one attached hydrogen (secondary N) is 1. The molecule has 0 aliphatic carbocycles. The van der Waals surface area contributed by atoms with E-state index in [1.807, 2.05) is 13.8 Å². The number of benzene rings is 1. The van der Waals surface area contributed by atoms with Crippen LogP contribution >= 0.6 is 15.9 Å². The molecule has 0 aliphatic rings. The van der Waals surface area contributed by atoms with Gasteiger partial charge in [0.05, 0.1) is 4.92 Å². The van der Waals surface area contributed by atoms with Crippen molar-refractivity contribution in [2.75, 3.05) is 6.54 Å². The Kier molecular flexibility index (Phi) is 4.83. The fourth-order valence-corrected chi connectivity index (χ4v) is 3.13. The van der Waals surface area contributed by atoms with E-state index in [0.717, 1.165) is 6.07 Å². The zero-order valence-corrected chi connectivity index (χ0v) is 12.3. The molecule has 0 aromatic heterocycles. The number of sulfonamides is 1. The number of nitro benzene ring substituents is 1. The summed E-state index contributed by atoms with van der Waals surface area (Å²) in [6.07, 6.45) is 0. The second-order valence-electron chi connectivity index (χ2n) is 4.11. The number of hydrogen-bond acceptors (Lipinski definition) is 4. The number of hydrogen-bond donors (Lipinski definition) is 1. The minimum atomic E-state index is -3.88. The zero-order valence-electron chi connectivity index (χ0n) is 9.88. The molecule has 0 amide bonds. The summed E-state index contributed by atoms with van der Waals surface area (Å²) in [4.78, 5) is 9.77. The summed E-state index contributed by atoms with van der Waals surface area (Å²) in [6.45, 7) is 3.92. The molecule has 0 radical (unpaired) electrons. The normalized spacial score (nSPS) is 11.8. The van der Waals surface area contributed by atoms with Crippen molar-refractivity contribution in [1.82, 2.24) is 4.72 Å². The van der Waals surface area contributed by atoms with Gasteiger partial charge in [0.2, 0.25) is 10.0 Å². The van der Waals surface area contributed by atoms with Gasteiger partial charge >= 0.3 is 0 Å². The molecule has 0 heterocycles. The van der Waals surface area contributed by atoms with Crippen molar-refractivity contribution in [3.05, 3.63) is 32.8 Å². The predicted octanol–water partition coefficient (Wildman–Crippen LogP) is 2.29. The molecular formula is C10H13BrN2O4S. The SMILES string of the molecule is CC(C)CNS(=O)(=O)c1cc(Br)ccc1[N+](=O)[O-]. The Morgan fingerprint density at radius 2 is 2.06 bits per heavy atom. The highest BCUT2D eigenvalue weighted by molar-refractivity contribution is 9.10. The van der Waals surface area contributed by atoms with E-state index in [0.29, 0.717) is 4.47 Å². The maximum Gasteiger partial charge on any atom is 0.289 e. The smallest absolute Gasteiger partial charge is 0.258 e. The van der Waals surface area contributed by atoms with Crippen LogP contribution in [0.4, 0.5) is 5.69 Å². The minimum Gasteiger partial charge on any atom is -0.258 e. The molecule has 1 aromatic rings. The Hall–Kier alpha value is -0.990. The standard InChI is InChI=1S/C10H13BrN2O4S/c1-7(2)6-12-18(16,17)10-5-8(11)3-4-9(10)13(14)15/h3-5,7,12H,6H2,1-2H3. The van der Waals surface area contributed by atoms with Crippen LogP contribution < -0.4 is 4.72 Å². The van der Waals surface area contributed by atoms with Gasteiger partial charge in [-0.25, -0.2) is 13.1 Å². The minimum absolute atomic E-state index is 0.117. The van der Waals surface area contributed by atoms with Gasteiger partial charge in [0.1, 0.15) is 0 Å². The topological polar surface area (TPSA) is 89.3 Å². The van der Waals surface area contributed by atoms with E-state index in [4.69, 9.17) is 0 Å². The first kappa shape index (κ1) is 15.1. The molecule has 0 atom stereocenters. The Bertz CT molecular complexity index is 557. The summed E-state index contributed by atoms with van der Waals surface area (Å²) in [5, 5.41) is 10.8. The van der Waals surface area contributed by atoms with E-state index in [9.17, 15) is 18.5 Å². The Morgan fingerprint density at radius 3 is 2.56 bits per heavy atom. The van der Waals surface area contributed by atoms with Crippen LogP contribution in [0.25, 0.3) is 0 Å². The van der Waals surface area contributed by atoms with Crippen LogP contribution in [0.2, 0.25) is 0 Å². The van der Waals surface area contributed by atoms with Gasteiger partial charge in [-0.2, -0.15) is 0 Å². The van der Waals surface area contributed by atoms with Crippen LogP contribution in [0.3, 0.4) is 0 Å². The van der Waals surface area contributed by atoms with Gasteiger partial charge < -0.3 is 0 Å². The molecule has 0 bridgehead atoms. The molecule has 1 aromatic carbocycles. The predicted molar refractivity (Wildman–Crippen MR) is 70.8 cm³/mol. The van der Waals surface area contributed by atoms with Crippen LogP contribution in [0.15, 0.2) is 27.6 Å². The molecule has 0 aliphatic heterocycles. The lowest BCUT2D eigenvalue weighted by Crippen LogP contribution is -2.28. The number of nitrogens with zero attached hydrogens (tertiary/aromatic N) is 1. The molecule has 100 valence electrons. The van der Waals surface area contributed by atoms with Crippen molar-refractivity contribution < 1.29 is 13.3 Å². The highest BCUT2D eigenvalue weighted by Gasteiger charge is 2.25. The molecule has 0 saturated heterocycles. The maximum absolute atomic E-state index is 12.0. The Balaban J connectivity index is 3.22. The van der Waals surface area contributed by atoms with E-state index in [1.54, 1.807) is 0 Å². The van der Waals surface area contributed by atoms with E-state index < -0.39 is 20.6 Å². The summed E-state index contributed by atoms with van der Waals surface area (Å²) in [5.41, 5.74) is -0.436. The second-order valence-corrected chi connectivity index (χ2v) is 6.77. The Morgan fingerprint density at radius 1 is 1.44 bits per heavy atom. The highest BCUT2D eigenvalue weighted by Crippen LogP contribution is 2.27. The van der Waals surface area contributed by atoms with Crippen molar-refractivity contribution in [3.8, 4) is 0 Å². The third-order valence-corrected chi connectivity index (χ3v) is 4.04. The molecule has 6 nitrogen and oxygen atoms in total. The summed E-state index contributed by atoms with van der Waals surface area (Å²) in [5.74, 6) is 0.117. The summed E-state index contributed by atoms with van der Waals surface area (Å²) in [6, 6.07) is 3.81. The van der Waals surface area contributed by atoms with E-state index >= 15 is 0 Å². The fourth-order valence-electron chi connectivity index (χ4n) is 1.21. The van der Waals surface area contributed by atoms with Gasteiger partial charge in [0.15, 0.2) is 4.90 Å². The lowest BCUT2D eigenvalue weighted by atomic mass is 10.2. The monoisotopic (exact) mass is 336 g/mol. The van der Waals surface area contributed by atoms with Gasteiger partial charge in [0.25, 0.3) is 5.69 Å². The molecule has 0 unspecified atom stereocenters. The molecule has 0 saturated carbocycles. The molecule has 1 rings (SSSR count). The van der Waals surface area contributed by atoms with Crippen LogP contribution in [0.1, 0.15) is 13.8 Å². The number of halogens is 1. The Labute approximate surface area is 114 Å². The molecular weight excluding hydrogens is 324 g/mol. The average Bonchev–Trinajstić information content (AvgIpc) is 2.26. The first-order chi connectivity index (χ1) is 8.24. The van der Waals surface area contributed by atoms with E-state index in [1.165, 1.54) is 12.1 Å². The lowest BCUT2D eigenvalue weighted by Gasteiger charge is -2.09. The molecule has 0 spiro atoms. The van der Waals surface area contributed by atoms with Gasteiger partial charge in [0, 0.05) is 17.1 Å². The van der Waals surface area contributed by atoms with Gasteiger partial charge in [-0.15, -0.1) is 0 Å². The van der Waals surface area contributed by atoms with E-state index in [-0.39, 0.29) is 17.4 Å².